The van der Waals surface area contributed by atoms with Crippen molar-refractivity contribution in [3.63, 3.8) is 0 Å². The summed E-state index contributed by atoms with van der Waals surface area (Å²) in [7, 11) is 0. The van der Waals surface area contributed by atoms with Crippen LogP contribution in [0.5, 0.6) is 0 Å². The molecule has 2 N–H and O–H groups in total. The predicted molar refractivity (Wildman–Crippen MR) is 142 cm³/mol. The van der Waals surface area contributed by atoms with Crippen LogP contribution in [0.2, 0.25) is 0 Å². The van der Waals surface area contributed by atoms with Crippen LogP contribution in [0.3, 0.4) is 0 Å². The van der Waals surface area contributed by atoms with Gasteiger partial charge in [-0.15, -0.1) is 0 Å². The molecule has 2 aromatic carbocycles. The fourth-order valence-electron chi connectivity index (χ4n) is 3.59. The quantitative estimate of drug-likeness (QED) is 0.277. The largest absolute Gasteiger partial charge is 0.458 e. The number of aromatic nitrogens is 1. The SMILES string of the molecule is Cc1oc(-c2ccccc2)nc1CC(=O)NC(CCCNC(=O)OCc1ccccc1)C(=O)OC(C)(C)C. The summed E-state index contributed by atoms with van der Waals surface area (Å²) >= 11 is 0. The number of aryl methyl sites for hydroxylation is 1. The number of alkyl carbamates (subject to hydrolysis) is 1. The fraction of sp³-hybridized carbons (Fsp3) is 0.379. The first-order valence-corrected chi connectivity index (χ1v) is 12.6. The molecule has 1 atom stereocenters. The molecule has 0 bridgehead atoms. The zero-order valence-electron chi connectivity index (χ0n) is 22.3. The number of carbonyl (C=O) groups excluding carboxylic acids is 3. The van der Waals surface area contributed by atoms with Crippen LogP contribution in [0.4, 0.5) is 4.79 Å². The van der Waals surface area contributed by atoms with Gasteiger partial charge in [-0.05, 0) is 58.2 Å². The molecule has 1 heterocycles. The molecule has 0 saturated carbocycles. The van der Waals surface area contributed by atoms with Gasteiger partial charge in [-0.25, -0.2) is 14.6 Å². The molecule has 0 aliphatic heterocycles. The van der Waals surface area contributed by atoms with Crippen molar-refractivity contribution in [2.24, 2.45) is 0 Å². The van der Waals surface area contributed by atoms with Gasteiger partial charge in [0, 0.05) is 12.1 Å². The topological polar surface area (TPSA) is 120 Å². The maximum absolute atomic E-state index is 12.9. The summed E-state index contributed by atoms with van der Waals surface area (Å²) in [4.78, 5) is 42.1. The zero-order valence-corrected chi connectivity index (χ0v) is 22.3. The van der Waals surface area contributed by atoms with E-state index in [-0.39, 0.29) is 31.9 Å². The lowest BCUT2D eigenvalue weighted by molar-refractivity contribution is -0.158. The van der Waals surface area contributed by atoms with Crippen molar-refractivity contribution in [3.8, 4) is 11.5 Å². The average Bonchev–Trinajstić information content (AvgIpc) is 3.24. The van der Waals surface area contributed by atoms with Gasteiger partial charge >= 0.3 is 12.1 Å². The Balaban J connectivity index is 1.53. The summed E-state index contributed by atoms with van der Waals surface area (Å²) in [5, 5.41) is 5.43. The van der Waals surface area contributed by atoms with Gasteiger partial charge < -0.3 is 24.5 Å². The van der Waals surface area contributed by atoms with Crippen LogP contribution in [0.25, 0.3) is 11.5 Å². The first kappa shape index (κ1) is 28.4. The third kappa shape index (κ3) is 9.38. The Kier molecular flexibility index (Phi) is 10.0. The van der Waals surface area contributed by atoms with E-state index >= 15 is 0 Å². The highest BCUT2D eigenvalue weighted by atomic mass is 16.6. The number of amides is 2. The molecular weight excluding hydrogens is 486 g/mol. The minimum atomic E-state index is -0.885. The highest BCUT2D eigenvalue weighted by Gasteiger charge is 2.27. The highest BCUT2D eigenvalue weighted by molar-refractivity contribution is 5.85. The zero-order chi connectivity index (χ0) is 27.5. The van der Waals surface area contributed by atoms with Gasteiger partial charge in [-0.2, -0.15) is 0 Å². The molecule has 1 aromatic heterocycles. The minimum Gasteiger partial charge on any atom is -0.458 e. The summed E-state index contributed by atoms with van der Waals surface area (Å²) in [5.41, 5.74) is 1.47. The average molecular weight is 522 g/mol. The summed E-state index contributed by atoms with van der Waals surface area (Å²) in [6.07, 6.45) is 0.0895. The second kappa shape index (κ2) is 13.4. The number of ether oxygens (including phenoxy) is 2. The van der Waals surface area contributed by atoms with Crippen LogP contribution in [0, 0.1) is 6.92 Å². The van der Waals surface area contributed by atoms with E-state index in [1.165, 1.54) is 0 Å². The van der Waals surface area contributed by atoms with Crippen LogP contribution < -0.4 is 10.6 Å². The standard InChI is InChI=1S/C29H35N3O6/c1-20-24(32-26(37-20)22-14-9-6-10-15-22)18-25(33)31-23(27(34)38-29(2,3)4)16-11-17-30-28(35)36-19-21-12-7-5-8-13-21/h5-10,12-15,23H,11,16-19H2,1-4H3,(H,30,35)(H,31,33). The van der Waals surface area contributed by atoms with Gasteiger partial charge in [-0.1, -0.05) is 48.5 Å². The normalized spacial score (nSPS) is 11.9. The molecule has 0 saturated heterocycles. The molecule has 3 aromatic rings. The van der Waals surface area contributed by atoms with Gasteiger partial charge in [0.05, 0.1) is 12.1 Å². The molecule has 0 fully saturated rings. The molecule has 0 aliphatic carbocycles. The molecule has 2 amide bonds. The Morgan fingerprint density at radius 2 is 1.66 bits per heavy atom. The molecule has 1 unspecified atom stereocenters. The number of rotatable bonds is 11. The third-order valence-electron chi connectivity index (χ3n) is 5.42. The number of hydrogen-bond donors (Lipinski definition) is 2. The summed E-state index contributed by atoms with van der Waals surface area (Å²) < 4.78 is 16.4. The lowest BCUT2D eigenvalue weighted by Gasteiger charge is -2.24. The van der Waals surface area contributed by atoms with Gasteiger partial charge in [0.25, 0.3) is 0 Å². The van der Waals surface area contributed by atoms with E-state index in [0.29, 0.717) is 23.8 Å². The van der Waals surface area contributed by atoms with E-state index in [1.807, 2.05) is 60.7 Å². The van der Waals surface area contributed by atoms with Crippen molar-refractivity contribution in [1.82, 2.24) is 15.6 Å². The third-order valence-corrected chi connectivity index (χ3v) is 5.42. The molecule has 0 radical (unpaired) electrons. The number of nitrogens with zero attached hydrogens (tertiary/aromatic N) is 1. The molecular formula is C29H35N3O6. The minimum absolute atomic E-state index is 0.0501. The number of benzene rings is 2. The number of oxazole rings is 1. The summed E-state index contributed by atoms with van der Waals surface area (Å²) in [6.45, 7) is 7.46. The van der Waals surface area contributed by atoms with Crippen LogP contribution >= 0.6 is 0 Å². The molecule has 38 heavy (non-hydrogen) atoms. The monoisotopic (exact) mass is 521 g/mol. The van der Waals surface area contributed by atoms with E-state index in [4.69, 9.17) is 13.9 Å². The molecule has 0 spiro atoms. The fourth-order valence-corrected chi connectivity index (χ4v) is 3.59. The predicted octanol–water partition coefficient (Wildman–Crippen LogP) is 4.73. The Hall–Kier alpha value is -4.14. The Morgan fingerprint density at radius 3 is 2.32 bits per heavy atom. The second-order valence-corrected chi connectivity index (χ2v) is 9.85. The van der Waals surface area contributed by atoms with Crippen LogP contribution in [0.15, 0.2) is 65.1 Å². The molecule has 3 rings (SSSR count). The molecule has 9 heteroatoms. The highest BCUT2D eigenvalue weighted by Crippen LogP contribution is 2.21. The number of carbonyl (C=O) groups is 3. The Morgan fingerprint density at radius 1 is 1.00 bits per heavy atom. The molecule has 0 aliphatic rings. The van der Waals surface area contributed by atoms with E-state index in [9.17, 15) is 14.4 Å². The Bertz CT molecular complexity index is 1200. The first-order valence-electron chi connectivity index (χ1n) is 12.6. The van der Waals surface area contributed by atoms with E-state index < -0.39 is 23.7 Å². The lowest BCUT2D eigenvalue weighted by Crippen LogP contribution is -2.45. The smallest absolute Gasteiger partial charge is 0.407 e. The Labute approximate surface area is 222 Å². The van der Waals surface area contributed by atoms with Crippen molar-refractivity contribution < 1.29 is 28.3 Å². The summed E-state index contributed by atoms with van der Waals surface area (Å²) in [6, 6.07) is 17.9. The van der Waals surface area contributed by atoms with Gasteiger partial charge in [0.15, 0.2) is 0 Å². The van der Waals surface area contributed by atoms with Gasteiger partial charge in [-0.3, -0.25) is 4.79 Å². The first-order chi connectivity index (χ1) is 18.1. The van der Waals surface area contributed by atoms with Crippen molar-refractivity contribution in [1.29, 1.82) is 0 Å². The second-order valence-electron chi connectivity index (χ2n) is 9.85. The van der Waals surface area contributed by atoms with E-state index in [1.54, 1.807) is 27.7 Å². The number of hydrogen-bond acceptors (Lipinski definition) is 7. The number of nitrogens with one attached hydrogen (secondary N) is 2. The summed E-state index contributed by atoms with van der Waals surface area (Å²) in [5.74, 6) is 0.0392. The van der Waals surface area contributed by atoms with E-state index in [2.05, 4.69) is 15.6 Å². The van der Waals surface area contributed by atoms with Crippen molar-refractivity contribution in [3.05, 3.63) is 77.7 Å². The van der Waals surface area contributed by atoms with Crippen molar-refractivity contribution in [2.75, 3.05) is 6.54 Å². The van der Waals surface area contributed by atoms with Crippen molar-refractivity contribution >= 4 is 18.0 Å². The number of esters is 1. The van der Waals surface area contributed by atoms with Gasteiger partial charge in [0.1, 0.15) is 24.0 Å². The molecule has 202 valence electrons. The van der Waals surface area contributed by atoms with Crippen molar-refractivity contribution in [2.45, 2.75) is 65.2 Å². The van der Waals surface area contributed by atoms with Crippen LogP contribution in [-0.2, 0) is 32.1 Å². The van der Waals surface area contributed by atoms with Crippen LogP contribution in [0.1, 0.15) is 50.6 Å². The van der Waals surface area contributed by atoms with Gasteiger partial charge in [0.2, 0.25) is 11.8 Å². The van der Waals surface area contributed by atoms with E-state index in [0.717, 1.165) is 11.1 Å². The molecule has 9 nitrogen and oxygen atoms in total. The maximum Gasteiger partial charge on any atom is 0.407 e. The van der Waals surface area contributed by atoms with Crippen LogP contribution in [-0.4, -0.2) is 41.1 Å². The lowest BCUT2D eigenvalue weighted by atomic mass is 10.1. The maximum atomic E-state index is 12.9.